The first kappa shape index (κ1) is 12.7. The van der Waals surface area contributed by atoms with Gasteiger partial charge in [0.25, 0.3) is 0 Å². The zero-order valence-corrected chi connectivity index (χ0v) is 7.95. The van der Waals surface area contributed by atoms with Gasteiger partial charge in [-0.3, -0.25) is 0 Å². The van der Waals surface area contributed by atoms with E-state index in [1.807, 2.05) is 6.92 Å². The lowest BCUT2D eigenvalue weighted by atomic mass is 10.2. The van der Waals surface area contributed by atoms with Crippen molar-refractivity contribution < 1.29 is 17.9 Å². The van der Waals surface area contributed by atoms with Crippen LogP contribution in [0, 0.1) is 0 Å². The van der Waals surface area contributed by atoms with Gasteiger partial charge in [-0.2, -0.15) is 13.2 Å². The second-order valence-corrected chi connectivity index (χ2v) is 2.96. The molecule has 0 rings (SSSR count). The Hall–Kier alpha value is -0.290. The Kier molecular flexibility index (Phi) is 6.07. The first-order chi connectivity index (χ1) is 5.95. The molecule has 0 aromatic carbocycles. The molecular formula is C8H16F3NO. The van der Waals surface area contributed by atoms with E-state index in [1.54, 1.807) is 7.05 Å². The summed E-state index contributed by atoms with van der Waals surface area (Å²) in [6.45, 7) is 2.09. The fourth-order valence-corrected chi connectivity index (χ4v) is 0.694. The van der Waals surface area contributed by atoms with Crippen LogP contribution < -0.4 is 5.32 Å². The van der Waals surface area contributed by atoms with E-state index in [4.69, 9.17) is 4.74 Å². The largest absolute Gasteiger partial charge is 0.391 e. The van der Waals surface area contributed by atoms with Crippen LogP contribution in [-0.2, 0) is 4.74 Å². The molecule has 0 fully saturated rings. The molecule has 13 heavy (non-hydrogen) atoms. The molecule has 0 aliphatic carbocycles. The van der Waals surface area contributed by atoms with Crippen LogP contribution in [0.3, 0.4) is 0 Å². The molecule has 2 nitrogen and oxygen atoms in total. The van der Waals surface area contributed by atoms with Gasteiger partial charge in [-0.15, -0.1) is 0 Å². The van der Waals surface area contributed by atoms with E-state index in [-0.39, 0.29) is 12.6 Å². The van der Waals surface area contributed by atoms with Crippen LogP contribution in [0.2, 0.25) is 0 Å². The summed E-state index contributed by atoms with van der Waals surface area (Å²) in [5.74, 6) is 0. The molecule has 0 radical (unpaired) electrons. The highest BCUT2D eigenvalue weighted by Gasteiger charge is 2.26. The van der Waals surface area contributed by atoms with Gasteiger partial charge in [0.2, 0.25) is 0 Å². The second-order valence-electron chi connectivity index (χ2n) is 2.96. The Balaban J connectivity index is 3.18. The predicted molar refractivity (Wildman–Crippen MR) is 44.6 cm³/mol. The Morgan fingerprint density at radius 3 is 2.38 bits per heavy atom. The van der Waals surface area contributed by atoms with Crippen molar-refractivity contribution in [1.29, 1.82) is 0 Å². The fourth-order valence-electron chi connectivity index (χ4n) is 0.694. The molecule has 0 aromatic heterocycles. The number of rotatable bonds is 6. The van der Waals surface area contributed by atoms with E-state index in [0.717, 1.165) is 6.42 Å². The molecule has 1 unspecified atom stereocenters. The quantitative estimate of drug-likeness (QED) is 0.660. The van der Waals surface area contributed by atoms with E-state index < -0.39 is 12.6 Å². The van der Waals surface area contributed by atoms with Crippen LogP contribution in [0.15, 0.2) is 0 Å². The van der Waals surface area contributed by atoms with Crippen molar-refractivity contribution in [2.24, 2.45) is 0 Å². The molecule has 0 saturated heterocycles. The molecule has 0 aliphatic rings. The third kappa shape index (κ3) is 9.63. The minimum Gasteiger partial charge on any atom is -0.381 e. The summed E-state index contributed by atoms with van der Waals surface area (Å²) in [6.07, 6.45) is -4.23. The number of alkyl halides is 3. The maximum atomic E-state index is 11.6. The van der Waals surface area contributed by atoms with Gasteiger partial charge in [0.1, 0.15) is 0 Å². The Bertz CT molecular complexity index is 127. The van der Waals surface area contributed by atoms with Crippen LogP contribution in [0.25, 0.3) is 0 Å². The lowest BCUT2D eigenvalue weighted by Crippen LogP contribution is -2.23. The molecule has 1 N–H and O–H groups in total. The van der Waals surface area contributed by atoms with Crippen molar-refractivity contribution >= 4 is 0 Å². The summed E-state index contributed by atoms with van der Waals surface area (Å²) >= 11 is 0. The molecule has 0 bridgehead atoms. The summed E-state index contributed by atoms with van der Waals surface area (Å²) in [5, 5.41) is 2.97. The van der Waals surface area contributed by atoms with Gasteiger partial charge < -0.3 is 10.1 Å². The number of ether oxygens (including phenoxy) is 1. The third-order valence-electron chi connectivity index (χ3n) is 1.72. The smallest absolute Gasteiger partial charge is 0.381 e. The van der Waals surface area contributed by atoms with Gasteiger partial charge in [-0.1, -0.05) is 0 Å². The fraction of sp³-hybridized carbons (Fsp3) is 1.00. The third-order valence-corrected chi connectivity index (χ3v) is 1.72. The first-order valence-corrected chi connectivity index (χ1v) is 4.27. The molecule has 0 aliphatic heterocycles. The topological polar surface area (TPSA) is 21.3 Å². The van der Waals surface area contributed by atoms with E-state index in [9.17, 15) is 13.2 Å². The van der Waals surface area contributed by atoms with E-state index in [0.29, 0.717) is 6.61 Å². The molecular weight excluding hydrogens is 183 g/mol. The van der Waals surface area contributed by atoms with Crippen molar-refractivity contribution in [3.63, 3.8) is 0 Å². The van der Waals surface area contributed by atoms with Crippen molar-refractivity contribution in [2.45, 2.75) is 32.0 Å². The Morgan fingerprint density at radius 1 is 1.31 bits per heavy atom. The Morgan fingerprint density at radius 2 is 1.92 bits per heavy atom. The van der Waals surface area contributed by atoms with E-state index in [1.165, 1.54) is 0 Å². The van der Waals surface area contributed by atoms with Crippen LogP contribution in [-0.4, -0.2) is 32.5 Å². The highest BCUT2D eigenvalue weighted by atomic mass is 19.4. The molecule has 1 atom stereocenters. The minimum atomic E-state index is -4.10. The zero-order valence-electron chi connectivity index (χ0n) is 7.95. The number of nitrogens with one attached hydrogen (secondary N) is 1. The second kappa shape index (κ2) is 6.21. The average Bonchev–Trinajstić information content (AvgIpc) is 2.01. The summed E-state index contributed by atoms with van der Waals surface area (Å²) in [7, 11) is 1.81. The molecule has 0 aromatic rings. The van der Waals surface area contributed by atoms with E-state index >= 15 is 0 Å². The van der Waals surface area contributed by atoms with Crippen LogP contribution in [0.1, 0.15) is 19.8 Å². The van der Waals surface area contributed by atoms with Crippen molar-refractivity contribution in [2.75, 3.05) is 20.3 Å². The molecule has 0 saturated carbocycles. The normalized spacial score (nSPS) is 14.5. The van der Waals surface area contributed by atoms with Gasteiger partial charge in [-0.25, -0.2) is 0 Å². The SMILES string of the molecule is CNC(C)CCOCCC(F)(F)F. The van der Waals surface area contributed by atoms with Crippen LogP contribution in [0.4, 0.5) is 13.2 Å². The first-order valence-electron chi connectivity index (χ1n) is 4.27. The summed E-state index contributed by atoms with van der Waals surface area (Å²) in [5.41, 5.74) is 0. The monoisotopic (exact) mass is 199 g/mol. The van der Waals surface area contributed by atoms with Gasteiger partial charge in [0.15, 0.2) is 0 Å². The summed E-state index contributed by atoms with van der Waals surface area (Å²) in [6, 6.07) is 0.283. The lowest BCUT2D eigenvalue weighted by Gasteiger charge is -2.10. The van der Waals surface area contributed by atoms with Gasteiger partial charge in [-0.05, 0) is 20.4 Å². The van der Waals surface area contributed by atoms with Crippen molar-refractivity contribution in [3.05, 3.63) is 0 Å². The highest BCUT2D eigenvalue weighted by Crippen LogP contribution is 2.18. The number of hydrogen-bond donors (Lipinski definition) is 1. The molecule has 0 amide bonds. The van der Waals surface area contributed by atoms with E-state index in [2.05, 4.69) is 5.32 Å². The highest BCUT2D eigenvalue weighted by molar-refractivity contribution is 4.55. The lowest BCUT2D eigenvalue weighted by molar-refractivity contribution is -0.145. The number of halogens is 3. The van der Waals surface area contributed by atoms with Crippen molar-refractivity contribution in [3.8, 4) is 0 Å². The van der Waals surface area contributed by atoms with Crippen molar-refractivity contribution in [1.82, 2.24) is 5.32 Å². The average molecular weight is 199 g/mol. The molecule has 5 heteroatoms. The maximum absolute atomic E-state index is 11.6. The summed E-state index contributed by atoms with van der Waals surface area (Å²) in [4.78, 5) is 0. The Labute approximate surface area is 76.5 Å². The van der Waals surface area contributed by atoms with Gasteiger partial charge in [0.05, 0.1) is 13.0 Å². The molecule has 0 heterocycles. The van der Waals surface area contributed by atoms with Gasteiger partial charge >= 0.3 is 6.18 Å². The van der Waals surface area contributed by atoms with Crippen LogP contribution in [0.5, 0.6) is 0 Å². The molecule has 80 valence electrons. The standard InChI is InChI=1S/C8H16F3NO/c1-7(12-2)3-5-13-6-4-8(9,10)11/h7,12H,3-6H2,1-2H3. The molecule has 0 spiro atoms. The zero-order chi connectivity index (χ0) is 10.3. The summed E-state index contributed by atoms with van der Waals surface area (Å²) < 4.78 is 39.7. The predicted octanol–water partition coefficient (Wildman–Crippen LogP) is 1.95. The van der Waals surface area contributed by atoms with Crippen LogP contribution >= 0.6 is 0 Å². The number of hydrogen-bond acceptors (Lipinski definition) is 2. The van der Waals surface area contributed by atoms with Gasteiger partial charge in [0, 0.05) is 12.6 Å². The minimum absolute atomic E-state index is 0.236. The maximum Gasteiger partial charge on any atom is 0.391 e.